The quantitative estimate of drug-likeness (QED) is 0.318. The molecular weight excluding hydrogens is 577 g/mol. The van der Waals surface area contributed by atoms with Crippen LogP contribution < -0.4 is 10.4 Å². The molecule has 0 saturated carbocycles. The van der Waals surface area contributed by atoms with Gasteiger partial charge in [-0.05, 0) is 75.8 Å². The van der Waals surface area contributed by atoms with E-state index < -0.39 is 48.4 Å². The Kier molecular flexibility index (Phi) is 9.42. The minimum Gasteiger partial charge on any atom is -0.122 e. The summed E-state index contributed by atoms with van der Waals surface area (Å²) in [6, 6.07) is 21.3. The lowest BCUT2D eigenvalue weighted by Crippen LogP contribution is -2.44. The predicted molar refractivity (Wildman–Crippen MR) is 192 cm³/mol. The van der Waals surface area contributed by atoms with E-state index in [1.54, 1.807) is 0 Å². The SMILES string of the molecule is C[Si]1(C)C#C[Si](C)(C)C#C[Si](C)(c2ccccc2)C#C[Si](C)(C)C#C[Si](C)(C)C#C[Si](C)(c2ccccc2)C#C1. The fourth-order valence-electron chi connectivity index (χ4n) is 3.77. The van der Waals surface area contributed by atoms with E-state index in [0.29, 0.717) is 0 Å². The molecule has 1 aliphatic heterocycles. The average molecular weight is 617 g/mol. The first-order chi connectivity index (χ1) is 18.5. The highest BCUT2D eigenvalue weighted by Crippen LogP contribution is 2.10. The van der Waals surface area contributed by atoms with Crippen LogP contribution in [0.25, 0.3) is 0 Å². The molecule has 0 aromatic heterocycles. The van der Waals surface area contributed by atoms with E-state index in [1.165, 1.54) is 10.4 Å². The molecule has 0 N–H and O–H groups in total. The van der Waals surface area contributed by atoms with E-state index in [1.807, 2.05) is 0 Å². The zero-order valence-corrected chi connectivity index (χ0v) is 31.8. The van der Waals surface area contributed by atoms with Gasteiger partial charge >= 0.3 is 0 Å². The summed E-state index contributed by atoms with van der Waals surface area (Å²) < 4.78 is 0. The van der Waals surface area contributed by atoms with E-state index in [2.05, 4.69) is 193 Å². The highest BCUT2D eigenvalue weighted by Gasteiger charge is 2.30. The average Bonchev–Trinajstić information content (AvgIpc) is 2.92. The molecule has 1 aliphatic rings. The summed E-state index contributed by atoms with van der Waals surface area (Å²) in [5.74, 6) is 0. The third-order valence-corrected chi connectivity index (χ3v) is 19.6. The molecule has 0 atom stereocenters. The van der Waals surface area contributed by atoms with Crippen LogP contribution in [0.15, 0.2) is 60.7 Å². The molecule has 0 amide bonds. The first-order valence-electron chi connectivity index (χ1n) is 13.8. The molecule has 3 rings (SSSR count). The highest BCUT2D eigenvalue weighted by atomic mass is 28.3. The maximum absolute atomic E-state index is 3.74. The Labute approximate surface area is 250 Å². The van der Waals surface area contributed by atoms with Crippen molar-refractivity contribution < 1.29 is 0 Å². The maximum Gasteiger partial charge on any atom is 0.241 e. The van der Waals surface area contributed by atoms with Crippen LogP contribution >= 0.6 is 0 Å². The zero-order valence-electron chi connectivity index (χ0n) is 25.8. The van der Waals surface area contributed by atoms with Crippen molar-refractivity contribution in [3.63, 3.8) is 0 Å². The van der Waals surface area contributed by atoms with Gasteiger partial charge in [0.25, 0.3) is 0 Å². The molecule has 0 saturated heterocycles. The van der Waals surface area contributed by atoms with Crippen LogP contribution in [-0.2, 0) is 0 Å². The molecule has 0 radical (unpaired) electrons. The summed E-state index contributed by atoms with van der Waals surface area (Å²) in [7, 11) is -13.2. The first-order valence-corrected chi connectivity index (χ1v) is 30.8. The zero-order chi connectivity index (χ0) is 29.7. The van der Waals surface area contributed by atoms with Crippen LogP contribution in [0.5, 0.6) is 0 Å². The summed E-state index contributed by atoms with van der Waals surface area (Å²) in [5.41, 5.74) is 44.4. The van der Waals surface area contributed by atoms with Crippen LogP contribution in [-0.4, -0.2) is 48.4 Å². The minimum atomic E-state index is -2.38. The van der Waals surface area contributed by atoms with Crippen molar-refractivity contribution in [2.24, 2.45) is 0 Å². The lowest BCUT2D eigenvalue weighted by molar-refractivity contribution is 1.74. The van der Waals surface area contributed by atoms with Crippen LogP contribution in [0, 0.1) is 66.5 Å². The number of hydrogen-bond acceptors (Lipinski definition) is 0. The second-order valence-electron chi connectivity index (χ2n) is 13.0. The normalized spacial score (nSPS) is 25.2. The second-order valence-corrected chi connectivity index (χ2v) is 34.6. The van der Waals surface area contributed by atoms with Crippen molar-refractivity contribution >= 4 is 58.8 Å². The van der Waals surface area contributed by atoms with Gasteiger partial charge < -0.3 is 0 Å². The van der Waals surface area contributed by atoms with Crippen molar-refractivity contribution in [1.82, 2.24) is 0 Å². The molecule has 2 aromatic carbocycles. The van der Waals surface area contributed by atoms with E-state index in [0.717, 1.165) is 0 Å². The Morgan fingerprint density at radius 2 is 0.500 bits per heavy atom. The van der Waals surface area contributed by atoms with Crippen molar-refractivity contribution in [3.05, 3.63) is 60.7 Å². The second kappa shape index (κ2) is 11.9. The van der Waals surface area contributed by atoms with Gasteiger partial charge in [-0.2, -0.15) is 0 Å². The molecule has 200 valence electrons. The van der Waals surface area contributed by atoms with Crippen molar-refractivity contribution in [2.45, 2.75) is 65.5 Å². The van der Waals surface area contributed by atoms with Gasteiger partial charge in [-0.1, -0.05) is 60.7 Å². The Balaban J connectivity index is 2.28. The fourth-order valence-corrected chi connectivity index (χ4v) is 20.4. The Morgan fingerprint density at radius 3 is 0.725 bits per heavy atom. The Morgan fingerprint density at radius 1 is 0.300 bits per heavy atom. The molecule has 6 heteroatoms. The first kappa shape index (κ1) is 31.6. The summed E-state index contributed by atoms with van der Waals surface area (Å²) in [5, 5.41) is 2.51. The summed E-state index contributed by atoms with van der Waals surface area (Å²) in [6.07, 6.45) is 0. The molecule has 0 bridgehead atoms. The topological polar surface area (TPSA) is 0 Å². The van der Waals surface area contributed by atoms with Gasteiger partial charge in [0.05, 0.1) is 0 Å². The van der Waals surface area contributed by atoms with Gasteiger partial charge in [0, 0.05) is 0 Å². The van der Waals surface area contributed by atoms with Crippen LogP contribution in [0.4, 0.5) is 0 Å². The third-order valence-electron chi connectivity index (χ3n) is 6.58. The van der Waals surface area contributed by atoms with E-state index >= 15 is 0 Å². The largest absolute Gasteiger partial charge is 0.241 e. The molecule has 0 unspecified atom stereocenters. The van der Waals surface area contributed by atoms with Crippen LogP contribution in [0.2, 0.25) is 65.5 Å². The van der Waals surface area contributed by atoms with Crippen LogP contribution in [0.3, 0.4) is 0 Å². The van der Waals surface area contributed by atoms with Crippen molar-refractivity contribution in [3.8, 4) is 66.5 Å². The van der Waals surface area contributed by atoms with Gasteiger partial charge in [-0.15, -0.1) is 66.5 Å². The molecular formula is C34H40Si6. The monoisotopic (exact) mass is 616 g/mol. The predicted octanol–water partition coefficient (Wildman–Crippen LogP) is 5.30. The third kappa shape index (κ3) is 9.07. The van der Waals surface area contributed by atoms with Gasteiger partial charge in [0.1, 0.15) is 0 Å². The fraction of sp³-hybridized carbons (Fsp3) is 0.294. The highest BCUT2D eigenvalue weighted by molar-refractivity contribution is 7.08. The van der Waals surface area contributed by atoms with Crippen molar-refractivity contribution in [1.29, 1.82) is 0 Å². The number of hydrogen-bond donors (Lipinski definition) is 0. The molecule has 0 aliphatic carbocycles. The molecule has 0 spiro atoms. The Bertz CT molecular complexity index is 1440. The Hall–Kier alpha value is -2.90. The summed E-state index contributed by atoms with van der Waals surface area (Å²) in [6.45, 7) is 22.6. The number of benzene rings is 2. The van der Waals surface area contributed by atoms with Gasteiger partial charge in [-0.3, -0.25) is 0 Å². The van der Waals surface area contributed by atoms with E-state index in [9.17, 15) is 0 Å². The molecule has 1 heterocycles. The summed E-state index contributed by atoms with van der Waals surface area (Å²) >= 11 is 0. The molecule has 2 aromatic rings. The number of rotatable bonds is 2. The smallest absolute Gasteiger partial charge is 0.122 e. The summed E-state index contributed by atoms with van der Waals surface area (Å²) in [4.78, 5) is 0. The van der Waals surface area contributed by atoms with Crippen molar-refractivity contribution in [2.75, 3.05) is 0 Å². The molecule has 40 heavy (non-hydrogen) atoms. The van der Waals surface area contributed by atoms with Gasteiger partial charge in [0.2, 0.25) is 48.4 Å². The maximum atomic E-state index is 3.74. The minimum absolute atomic E-state index is 1.26. The van der Waals surface area contributed by atoms with E-state index in [-0.39, 0.29) is 0 Å². The lowest BCUT2D eigenvalue weighted by atomic mass is 10.4. The van der Waals surface area contributed by atoms with E-state index in [4.69, 9.17) is 0 Å². The molecule has 0 fully saturated rings. The lowest BCUT2D eigenvalue weighted by Gasteiger charge is -2.18. The molecule has 0 nitrogen and oxygen atoms in total. The van der Waals surface area contributed by atoms with Gasteiger partial charge in [0.15, 0.2) is 0 Å². The standard InChI is InChI=1S/C34H40Si6/c1-35(2)21-22-36(3,4)26-31-40(10,34-19-15-12-16-20-34)32-28-38(7,8)24-23-37(5,6)27-30-39(9,29-25-35)33-17-13-11-14-18-33/h11-20H,1-10H3. The van der Waals surface area contributed by atoms with Gasteiger partial charge in [-0.25, -0.2) is 0 Å². The van der Waals surface area contributed by atoms with Crippen LogP contribution in [0.1, 0.15) is 0 Å².